The summed E-state index contributed by atoms with van der Waals surface area (Å²) in [6, 6.07) is 34.7. The highest BCUT2D eigenvalue weighted by atomic mass is 16.1. The highest BCUT2D eigenvalue weighted by molar-refractivity contribution is 6.09. The number of unbranched alkanes of at least 4 members (excludes halogenated alkanes) is 1. The third-order valence-corrected chi connectivity index (χ3v) is 6.43. The summed E-state index contributed by atoms with van der Waals surface area (Å²) >= 11 is 0. The predicted octanol–water partition coefficient (Wildman–Crippen LogP) is 6.72. The molecule has 0 heterocycles. The summed E-state index contributed by atoms with van der Waals surface area (Å²) in [4.78, 5) is 25.2. The Hall–Kier alpha value is -3.86. The molecule has 0 saturated carbocycles. The van der Waals surface area contributed by atoms with E-state index < -0.39 is 0 Å². The number of carbonyl (C=O) groups is 2. The second kappa shape index (κ2) is 12.9. The lowest BCUT2D eigenvalue weighted by molar-refractivity contribution is -0.903. The second-order valence-corrected chi connectivity index (χ2v) is 9.88. The number of rotatable bonds is 11. The van der Waals surface area contributed by atoms with Crippen molar-refractivity contribution in [2.75, 3.05) is 20.6 Å². The molecular weight excluding hydrogens is 456 g/mol. The van der Waals surface area contributed by atoms with Crippen LogP contribution in [0.25, 0.3) is 0 Å². The number of ketones is 2. The van der Waals surface area contributed by atoms with Crippen LogP contribution < -0.4 is 6.15 Å². The van der Waals surface area contributed by atoms with Crippen molar-refractivity contribution in [3.8, 4) is 0 Å². The first-order valence-electron chi connectivity index (χ1n) is 12.4. The van der Waals surface area contributed by atoms with Crippen LogP contribution in [-0.4, -0.2) is 36.7 Å². The zero-order chi connectivity index (χ0) is 25.4. The van der Waals surface area contributed by atoms with Crippen LogP contribution in [0, 0.1) is 6.42 Å². The van der Waals surface area contributed by atoms with Gasteiger partial charge >= 0.3 is 0 Å². The molecule has 0 unspecified atom stereocenters. The van der Waals surface area contributed by atoms with Crippen LogP contribution >= 0.6 is 0 Å². The molecule has 37 heavy (non-hydrogen) atoms. The first-order valence-corrected chi connectivity index (χ1v) is 12.4. The first-order chi connectivity index (χ1) is 17.4. The van der Waals surface area contributed by atoms with Gasteiger partial charge in [0.15, 0.2) is 11.6 Å². The summed E-state index contributed by atoms with van der Waals surface area (Å²) in [5.74, 6) is 0.116. The summed E-state index contributed by atoms with van der Waals surface area (Å²) in [6.07, 6.45) is 4.20. The summed E-state index contributed by atoms with van der Waals surface area (Å²) in [5, 5.41) is 0. The van der Waals surface area contributed by atoms with Crippen molar-refractivity contribution in [1.29, 1.82) is 0 Å². The Kier molecular flexibility index (Phi) is 9.67. The second-order valence-electron chi connectivity index (χ2n) is 9.88. The van der Waals surface area contributed by atoms with Gasteiger partial charge in [-0.05, 0) is 24.8 Å². The molecule has 4 aromatic rings. The Labute approximate surface area is 220 Å². The Bertz CT molecular complexity index is 1280. The molecule has 4 nitrogen and oxygen atoms in total. The molecule has 0 bridgehead atoms. The number of hydrogen-bond donors (Lipinski definition) is 1. The van der Waals surface area contributed by atoms with Crippen molar-refractivity contribution in [2.24, 2.45) is 0 Å². The molecule has 0 aliphatic rings. The monoisotopic (exact) mass is 492 g/mol. The Morgan fingerprint density at radius 3 is 1.46 bits per heavy atom. The van der Waals surface area contributed by atoms with Gasteiger partial charge in [-0.1, -0.05) is 109 Å². The van der Waals surface area contributed by atoms with Crippen molar-refractivity contribution in [2.45, 2.75) is 19.4 Å². The zero-order valence-electron chi connectivity index (χ0n) is 21.8. The third kappa shape index (κ3) is 7.81. The van der Waals surface area contributed by atoms with Gasteiger partial charge in [0.05, 0.1) is 20.6 Å². The summed E-state index contributed by atoms with van der Waals surface area (Å²) in [7, 11) is 4.47. The molecule has 1 radical (unpaired) electrons. The molecule has 0 aromatic heterocycles. The molecular formula is C33H36N2O2+. The van der Waals surface area contributed by atoms with E-state index in [-0.39, 0.29) is 17.7 Å². The van der Waals surface area contributed by atoms with Gasteiger partial charge in [-0.2, -0.15) is 0 Å². The van der Waals surface area contributed by atoms with E-state index in [1.54, 1.807) is 0 Å². The lowest BCUT2D eigenvalue weighted by atomic mass is 10.0. The van der Waals surface area contributed by atoms with E-state index in [1.165, 1.54) is 11.1 Å². The fourth-order valence-electron chi connectivity index (χ4n) is 4.35. The minimum atomic E-state index is 0. The van der Waals surface area contributed by atoms with Gasteiger partial charge in [-0.25, -0.2) is 0 Å². The van der Waals surface area contributed by atoms with E-state index in [4.69, 9.17) is 0 Å². The fourth-order valence-corrected chi connectivity index (χ4v) is 4.35. The molecule has 189 valence electrons. The molecule has 0 fully saturated rings. The third-order valence-electron chi connectivity index (χ3n) is 6.43. The maximum Gasteiger partial charge on any atom is 0.193 e. The van der Waals surface area contributed by atoms with E-state index in [1.807, 2.05) is 97.1 Å². The number of carbonyl (C=O) groups excluding carboxylic acids is 2. The molecule has 4 rings (SSSR count). The van der Waals surface area contributed by atoms with E-state index in [2.05, 4.69) is 32.6 Å². The summed E-state index contributed by atoms with van der Waals surface area (Å²) < 4.78 is 0.868. The van der Waals surface area contributed by atoms with E-state index in [0.29, 0.717) is 11.1 Å². The van der Waals surface area contributed by atoms with Crippen LogP contribution in [-0.2, 0) is 13.0 Å². The number of benzene rings is 4. The number of hydrogen-bond acceptors (Lipinski definition) is 3. The predicted molar refractivity (Wildman–Crippen MR) is 151 cm³/mol. The van der Waals surface area contributed by atoms with Crippen molar-refractivity contribution < 1.29 is 14.1 Å². The summed E-state index contributed by atoms with van der Waals surface area (Å²) in [5.41, 5.74) is 5.31. The van der Waals surface area contributed by atoms with Gasteiger partial charge < -0.3 is 10.6 Å². The van der Waals surface area contributed by atoms with Crippen molar-refractivity contribution in [3.63, 3.8) is 0 Å². The van der Waals surface area contributed by atoms with Crippen LogP contribution in [0.2, 0.25) is 0 Å². The largest absolute Gasteiger partial charge is 0.344 e. The average molecular weight is 493 g/mol. The Morgan fingerprint density at radius 1 is 0.595 bits per heavy atom. The molecule has 4 aromatic carbocycles. The van der Waals surface area contributed by atoms with Crippen LogP contribution in [0.4, 0.5) is 0 Å². The zero-order valence-corrected chi connectivity index (χ0v) is 21.8. The number of quaternary nitrogens is 1. The normalized spacial score (nSPS) is 11.0. The van der Waals surface area contributed by atoms with Crippen LogP contribution in [0.1, 0.15) is 49.4 Å². The standard InChI is InChI=1S/C33H33NO2.H3N/c1-34(2,25-27-18-22-31(23-19-27)33(36)29-14-7-4-8-15-29)24-10-9-11-26-16-20-30(21-17-26)32(35)28-12-5-3-6-13-28;/h3-9,12-23H,10-11,24-25H2,1-2H3;1H3/q+1;. The van der Waals surface area contributed by atoms with Crippen molar-refractivity contribution in [1.82, 2.24) is 6.15 Å². The van der Waals surface area contributed by atoms with Gasteiger partial charge in [0, 0.05) is 27.8 Å². The topological polar surface area (TPSA) is 69.1 Å². The molecule has 0 aliphatic carbocycles. The van der Waals surface area contributed by atoms with Gasteiger partial charge in [-0.3, -0.25) is 9.59 Å². The smallest absolute Gasteiger partial charge is 0.193 e. The highest BCUT2D eigenvalue weighted by Crippen LogP contribution is 2.16. The van der Waals surface area contributed by atoms with E-state index >= 15 is 0 Å². The lowest BCUT2D eigenvalue weighted by Gasteiger charge is -2.30. The minimum absolute atomic E-state index is 0. The molecule has 0 aliphatic heterocycles. The number of nitrogens with zero attached hydrogens (tertiary/aromatic N) is 1. The lowest BCUT2D eigenvalue weighted by Crippen LogP contribution is -2.39. The molecule has 0 atom stereocenters. The fraction of sp³-hybridized carbons (Fsp3) is 0.182. The maximum atomic E-state index is 12.6. The van der Waals surface area contributed by atoms with Gasteiger partial charge in [-0.15, -0.1) is 0 Å². The Balaban J connectivity index is 0.00000380. The SMILES string of the molecule is C[N+](C)(CC[CH]Cc1ccc(C(=O)c2ccccc2)cc1)Cc1ccc(C(=O)c2ccccc2)cc1.N. The van der Waals surface area contributed by atoms with E-state index in [9.17, 15) is 9.59 Å². The van der Waals surface area contributed by atoms with Crippen molar-refractivity contribution in [3.05, 3.63) is 149 Å². The maximum absolute atomic E-state index is 12.6. The molecule has 0 spiro atoms. The first kappa shape index (κ1) is 27.7. The van der Waals surface area contributed by atoms with E-state index in [0.717, 1.165) is 41.5 Å². The van der Waals surface area contributed by atoms with Gasteiger partial charge in [0.2, 0.25) is 0 Å². The highest BCUT2D eigenvalue weighted by Gasteiger charge is 2.16. The van der Waals surface area contributed by atoms with Crippen LogP contribution in [0.15, 0.2) is 109 Å². The quantitative estimate of drug-likeness (QED) is 0.143. The molecule has 4 heteroatoms. The van der Waals surface area contributed by atoms with Crippen LogP contribution in [0.5, 0.6) is 0 Å². The van der Waals surface area contributed by atoms with Gasteiger partial charge in [0.25, 0.3) is 0 Å². The van der Waals surface area contributed by atoms with Crippen molar-refractivity contribution >= 4 is 11.6 Å². The average Bonchev–Trinajstić information content (AvgIpc) is 2.92. The minimum Gasteiger partial charge on any atom is -0.344 e. The molecule has 0 amide bonds. The summed E-state index contributed by atoms with van der Waals surface area (Å²) in [6.45, 7) is 1.93. The Morgan fingerprint density at radius 2 is 1.00 bits per heavy atom. The van der Waals surface area contributed by atoms with Gasteiger partial charge in [0.1, 0.15) is 6.54 Å². The molecule has 0 saturated heterocycles. The van der Waals surface area contributed by atoms with Crippen LogP contribution in [0.3, 0.4) is 0 Å². The molecule has 3 N–H and O–H groups in total.